The molecule has 2 N–H and O–H groups in total. The highest BCUT2D eigenvalue weighted by Crippen LogP contribution is 2.47. The minimum Gasteiger partial charge on any atom is -0.350 e. The van der Waals surface area contributed by atoms with Gasteiger partial charge in [-0.05, 0) is 55.8 Å². The summed E-state index contributed by atoms with van der Waals surface area (Å²) >= 11 is 6.34. The van der Waals surface area contributed by atoms with Crippen LogP contribution < -0.4 is 10.2 Å². The molecule has 3 aliphatic heterocycles. The van der Waals surface area contributed by atoms with Crippen LogP contribution in [0.25, 0.3) is 10.9 Å². The Hall–Kier alpha value is -2.34. The number of amides is 1. The molecule has 6 heteroatoms. The van der Waals surface area contributed by atoms with Gasteiger partial charge in [-0.2, -0.15) is 0 Å². The molecule has 5 nitrogen and oxygen atoms in total. The molecule has 2 atom stereocenters. The Labute approximate surface area is 181 Å². The van der Waals surface area contributed by atoms with Gasteiger partial charge in [0, 0.05) is 52.7 Å². The first-order valence-corrected chi connectivity index (χ1v) is 11.2. The van der Waals surface area contributed by atoms with Crippen molar-refractivity contribution in [1.82, 2.24) is 15.2 Å². The van der Waals surface area contributed by atoms with E-state index in [0.717, 1.165) is 55.7 Å². The lowest BCUT2D eigenvalue weighted by molar-refractivity contribution is 0.0980. The number of benzene rings is 2. The van der Waals surface area contributed by atoms with Gasteiger partial charge in [0.1, 0.15) is 5.69 Å². The number of carbonyl (C=O) groups excluding carboxylic acids is 1. The topological polar surface area (TPSA) is 51.4 Å². The molecule has 3 aromatic rings. The molecule has 1 amide bonds. The van der Waals surface area contributed by atoms with Crippen molar-refractivity contribution >= 4 is 34.1 Å². The molecular formula is C24H25ClN4O. The maximum atomic E-state index is 13.6. The van der Waals surface area contributed by atoms with Crippen molar-refractivity contribution in [3.05, 3.63) is 64.8 Å². The van der Waals surface area contributed by atoms with Crippen LogP contribution in [0.5, 0.6) is 0 Å². The average molecular weight is 421 g/mol. The zero-order valence-corrected chi connectivity index (χ0v) is 17.6. The molecule has 4 heterocycles. The van der Waals surface area contributed by atoms with Crippen molar-refractivity contribution in [2.75, 3.05) is 37.6 Å². The number of carbonyl (C=O) groups is 1. The van der Waals surface area contributed by atoms with Crippen LogP contribution in [0.4, 0.5) is 5.69 Å². The maximum Gasteiger partial charge on any atom is 0.274 e. The summed E-state index contributed by atoms with van der Waals surface area (Å²) < 4.78 is 0. The molecule has 0 saturated carbocycles. The molecule has 1 aromatic heterocycles. The van der Waals surface area contributed by atoms with Crippen LogP contribution in [0.15, 0.2) is 48.5 Å². The van der Waals surface area contributed by atoms with Gasteiger partial charge in [0.2, 0.25) is 0 Å². The number of fused-ring (bicyclic) bond motifs is 3. The Morgan fingerprint density at radius 1 is 1.13 bits per heavy atom. The van der Waals surface area contributed by atoms with Crippen LogP contribution in [0.2, 0.25) is 5.02 Å². The largest absolute Gasteiger partial charge is 0.350 e. The zero-order chi connectivity index (χ0) is 20.3. The Bertz CT molecular complexity index is 1140. The smallest absolute Gasteiger partial charge is 0.274 e. The second-order valence-electron chi connectivity index (χ2n) is 8.94. The van der Waals surface area contributed by atoms with E-state index in [2.05, 4.69) is 33.4 Å². The molecule has 0 radical (unpaired) electrons. The molecular weight excluding hydrogens is 396 g/mol. The summed E-state index contributed by atoms with van der Waals surface area (Å²) in [6.07, 6.45) is 2.32. The lowest BCUT2D eigenvalue weighted by Crippen LogP contribution is -2.41. The molecule has 1 unspecified atom stereocenters. The predicted octanol–water partition coefficient (Wildman–Crippen LogP) is 3.79. The second-order valence-corrected chi connectivity index (χ2v) is 9.35. The highest BCUT2D eigenvalue weighted by molar-refractivity contribution is 6.35. The number of nitrogens with zero attached hydrogens (tertiary/aromatic N) is 2. The summed E-state index contributed by atoms with van der Waals surface area (Å²) in [4.78, 5) is 21.5. The van der Waals surface area contributed by atoms with Crippen molar-refractivity contribution in [3.8, 4) is 0 Å². The SMILES string of the molecule is O=C(c1cc2c(Cl)cccc2[nH]1)N1C[C@]2(CCN(C3CCNC3)C2)c2ccccc21. The maximum absolute atomic E-state index is 13.6. The van der Waals surface area contributed by atoms with Gasteiger partial charge in [-0.15, -0.1) is 0 Å². The minimum atomic E-state index is 0.0209. The van der Waals surface area contributed by atoms with Crippen LogP contribution in [0.1, 0.15) is 28.9 Å². The van der Waals surface area contributed by atoms with Gasteiger partial charge in [-0.1, -0.05) is 35.9 Å². The Morgan fingerprint density at radius 3 is 2.87 bits per heavy atom. The number of H-pyrrole nitrogens is 1. The average Bonchev–Trinajstić information content (AvgIpc) is 3.55. The van der Waals surface area contributed by atoms with Crippen LogP contribution in [0, 0.1) is 0 Å². The van der Waals surface area contributed by atoms with Crippen LogP contribution in [-0.2, 0) is 5.41 Å². The first kappa shape index (κ1) is 18.4. The Kier molecular flexibility index (Phi) is 4.20. The summed E-state index contributed by atoms with van der Waals surface area (Å²) in [5.41, 5.74) is 3.90. The summed E-state index contributed by atoms with van der Waals surface area (Å²) in [5, 5.41) is 5.05. The highest BCUT2D eigenvalue weighted by atomic mass is 35.5. The van der Waals surface area contributed by atoms with Gasteiger partial charge < -0.3 is 15.2 Å². The number of para-hydroxylation sites is 1. The van der Waals surface area contributed by atoms with Crippen LogP contribution in [0.3, 0.4) is 0 Å². The quantitative estimate of drug-likeness (QED) is 0.663. The number of aromatic amines is 1. The lowest BCUT2D eigenvalue weighted by Gasteiger charge is -2.28. The number of likely N-dealkylation sites (tertiary alicyclic amines) is 1. The predicted molar refractivity (Wildman–Crippen MR) is 121 cm³/mol. The minimum absolute atomic E-state index is 0.0209. The third-order valence-corrected chi connectivity index (χ3v) is 7.58. The number of anilines is 1. The van der Waals surface area contributed by atoms with Crippen molar-refractivity contribution in [2.24, 2.45) is 0 Å². The van der Waals surface area contributed by atoms with Gasteiger partial charge in [0.05, 0.1) is 0 Å². The van der Waals surface area contributed by atoms with Gasteiger partial charge in [-0.3, -0.25) is 9.69 Å². The van der Waals surface area contributed by atoms with E-state index in [0.29, 0.717) is 16.8 Å². The Morgan fingerprint density at radius 2 is 2.03 bits per heavy atom. The molecule has 154 valence electrons. The first-order chi connectivity index (χ1) is 14.6. The van der Waals surface area contributed by atoms with Crippen molar-refractivity contribution in [1.29, 1.82) is 0 Å². The number of aromatic nitrogens is 1. The summed E-state index contributed by atoms with van der Waals surface area (Å²) in [5.74, 6) is 0.0209. The van der Waals surface area contributed by atoms with Gasteiger partial charge in [0.15, 0.2) is 0 Å². The summed E-state index contributed by atoms with van der Waals surface area (Å²) in [6.45, 7) is 5.06. The van der Waals surface area contributed by atoms with E-state index in [-0.39, 0.29) is 11.3 Å². The fraction of sp³-hybridized carbons (Fsp3) is 0.375. The monoisotopic (exact) mass is 420 g/mol. The van der Waals surface area contributed by atoms with Crippen LogP contribution in [-0.4, -0.2) is 54.6 Å². The van der Waals surface area contributed by atoms with Gasteiger partial charge in [0.25, 0.3) is 5.91 Å². The van der Waals surface area contributed by atoms with E-state index in [1.54, 1.807) is 0 Å². The molecule has 3 aliphatic rings. The molecule has 30 heavy (non-hydrogen) atoms. The van der Waals surface area contributed by atoms with Crippen molar-refractivity contribution in [3.63, 3.8) is 0 Å². The van der Waals surface area contributed by atoms with E-state index >= 15 is 0 Å². The molecule has 0 bridgehead atoms. The molecule has 6 rings (SSSR count). The molecule has 2 fully saturated rings. The number of hydrogen-bond donors (Lipinski definition) is 2. The molecule has 2 saturated heterocycles. The van der Waals surface area contributed by atoms with Gasteiger partial charge >= 0.3 is 0 Å². The van der Waals surface area contributed by atoms with E-state index in [4.69, 9.17) is 11.6 Å². The molecule has 1 spiro atoms. The van der Waals surface area contributed by atoms with Crippen molar-refractivity contribution in [2.45, 2.75) is 24.3 Å². The normalized spacial score (nSPS) is 26.2. The fourth-order valence-electron chi connectivity index (χ4n) is 5.71. The van der Waals surface area contributed by atoms with E-state index in [9.17, 15) is 4.79 Å². The number of rotatable bonds is 2. The standard InChI is InChI=1S/C24H25ClN4O/c25-19-5-3-6-20-17(19)12-21(27-20)23(30)29-15-24(18-4-1-2-7-22(18)29)9-11-28(14-24)16-8-10-26-13-16/h1-7,12,16,26-27H,8-11,13-15H2/t16?,24-/m1/s1. The highest BCUT2D eigenvalue weighted by Gasteiger charge is 2.50. The summed E-state index contributed by atoms with van der Waals surface area (Å²) in [7, 11) is 0. The molecule has 0 aliphatic carbocycles. The van der Waals surface area contributed by atoms with Gasteiger partial charge in [-0.25, -0.2) is 0 Å². The number of halogens is 1. The third kappa shape index (κ3) is 2.73. The Balaban J connectivity index is 1.35. The lowest BCUT2D eigenvalue weighted by atomic mass is 9.81. The number of hydrogen-bond acceptors (Lipinski definition) is 3. The molecule has 2 aromatic carbocycles. The van der Waals surface area contributed by atoms with E-state index in [1.807, 2.05) is 35.2 Å². The van der Waals surface area contributed by atoms with E-state index in [1.165, 1.54) is 12.0 Å². The summed E-state index contributed by atoms with van der Waals surface area (Å²) in [6, 6.07) is 16.7. The second kappa shape index (κ2) is 6.84. The zero-order valence-electron chi connectivity index (χ0n) is 16.8. The third-order valence-electron chi connectivity index (χ3n) is 7.25. The van der Waals surface area contributed by atoms with Crippen molar-refractivity contribution < 1.29 is 4.79 Å². The first-order valence-electron chi connectivity index (χ1n) is 10.8. The van der Waals surface area contributed by atoms with E-state index < -0.39 is 0 Å². The number of nitrogens with one attached hydrogen (secondary N) is 2. The van der Waals surface area contributed by atoms with Crippen LogP contribution >= 0.6 is 11.6 Å². The fourth-order valence-corrected chi connectivity index (χ4v) is 5.94.